The van der Waals surface area contributed by atoms with E-state index in [0.29, 0.717) is 19.7 Å². The van der Waals surface area contributed by atoms with E-state index < -0.39 is 9.84 Å². The van der Waals surface area contributed by atoms with Gasteiger partial charge in [0.25, 0.3) is 0 Å². The molecule has 2 heterocycles. The molecule has 1 aliphatic heterocycles. The summed E-state index contributed by atoms with van der Waals surface area (Å²) in [5, 5.41) is -0.0350. The van der Waals surface area contributed by atoms with Crippen molar-refractivity contribution in [2.75, 3.05) is 26.8 Å². The fourth-order valence-corrected chi connectivity index (χ4v) is 6.31. The van der Waals surface area contributed by atoms with Gasteiger partial charge in [-0.15, -0.1) is 0 Å². The van der Waals surface area contributed by atoms with Crippen LogP contribution >= 0.6 is 0 Å². The van der Waals surface area contributed by atoms with E-state index >= 15 is 0 Å². The van der Waals surface area contributed by atoms with Crippen molar-refractivity contribution in [1.29, 1.82) is 0 Å². The maximum atomic E-state index is 13.1. The molecule has 1 aromatic rings. The molecule has 1 aromatic heterocycles. The van der Waals surface area contributed by atoms with Gasteiger partial charge in [0.15, 0.2) is 0 Å². The number of sulfone groups is 1. The van der Waals surface area contributed by atoms with Crippen LogP contribution in [0.25, 0.3) is 0 Å². The van der Waals surface area contributed by atoms with Gasteiger partial charge in [0.05, 0.1) is 29.3 Å². The monoisotopic (exact) mass is 399 g/mol. The van der Waals surface area contributed by atoms with Crippen LogP contribution in [0.2, 0.25) is 0 Å². The number of nitrogens with zero attached hydrogens (tertiary/aromatic N) is 3. The summed E-state index contributed by atoms with van der Waals surface area (Å²) in [6.45, 7) is 7.75. The smallest absolute Gasteiger partial charge is 0.228 e. The molecule has 27 heavy (non-hydrogen) atoms. The van der Waals surface area contributed by atoms with Gasteiger partial charge in [-0.3, -0.25) is 4.90 Å². The van der Waals surface area contributed by atoms with Crippen molar-refractivity contribution in [3.05, 3.63) is 11.9 Å². The Balaban J connectivity index is 1.83. The third-order valence-corrected chi connectivity index (χ3v) is 7.69. The average molecular weight is 400 g/mol. The number of hydrogen-bond acceptors (Lipinski definition) is 6. The molecular formula is C19H33N3O4S. The first kappa shape index (κ1) is 20.8. The largest absolute Gasteiger partial charge is 0.385 e. The standard InChI is InChI=1S/C19H33N3O4S/c1-15-12-21(13-16(2)26-15)14-17-11-20-19(22(17)9-6-10-25-3)27(23,24)18-7-4-5-8-18/h11,15-16,18H,4-10,12-14H2,1-3H3/t15-,16+. The highest BCUT2D eigenvalue weighted by atomic mass is 32.2. The van der Waals surface area contributed by atoms with Crippen molar-refractivity contribution in [3.8, 4) is 0 Å². The average Bonchev–Trinajstić information content (AvgIpc) is 3.25. The number of morpholine rings is 1. The van der Waals surface area contributed by atoms with Crippen LogP contribution in [0.5, 0.6) is 0 Å². The Bertz CT molecular complexity index is 703. The van der Waals surface area contributed by atoms with E-state index in [1.165, 1.54) is 0 Å². The molecule has 0 spiro atoms. The molecule has 8 heteroatoms. The lowest BCUT2D eigenvalue weighted by Crippen LogP contribution is -2.45. The number of methoxy groups -OCH3 is 1. The van der Waals surface area contributed by atoms with E-state index in [2.05, 4.69) is 23.7 Å². The van der Waals surface area contributed by atoms with E-state index in [1.807, 2.05) is 4.57 Å². The van der Waals surface area contributed by atoms with Crippen LogP contribution in [-0.2, 0) is 32.4 Å². The van der Waals surface area contributed by atoms with E-state index in [9.17, 15) is 8.42 Å². The molecule has 7 nitrogen and oxygen atoms in total. The summed E-state index contributed by atoms with van der Waals surface area (Å²) in [5.74, 6) is 0. The van der Waals surface area contributed by atoms with Crippen LogP contribution in [0.3, 0.4) is 0 Å². The number of rotatable bonds is 8. The van der Waals surface area contributed by atoms with Crippen molar-refractivity contribution in [2.45, 2.75) is 81.7 Å². The van der Waals surface area contributed by atoms with Crippen LogP contribution in [0.1, 0.15) is 51.6 Å². The van der Waals surface area contributed by atoms with Gasteiger partial charge in [-0.1, -0.05) is 12.8 Å². The minimum Gasteiger partial charge on any atom is -0.385 e. The fraction of sp³-hybridized carbons (Fsp3) is 0.842. The number of imidazole rings is 1. The van der Waals surface area contributed by atoms with Gasteiger partial charge < -0.3 is 14.0 Å². The minimum atomic E-state index is -3.38. The zero-order chi connectivity index (χ0) is 19.4. The first-order chi connectivity index (χ1) is 12.9. The van der Waals surface area contributed by atoms with Crippen LogP contribution in [0, 0.1) is 0 Å². The predicted octanol–water partition coefficient (Wildman–Crippen LogP) is 2.25. The molecule has 0 unspecified atom stereocenters. The van der Waals surface area contributed by atoms with Crippen molar-refractivity contribution < 1.29 is 17.9 Å². The van der Waals surface area contributed by atoms with Gasteiger partial charge in [0, 0.05) is 39.9 Å². The van der Waals surface area contributed by atoms with E-state index in [-0.39, 0.29) is 22.6 Å². The molecule has 3 rings (SSSR count). The quantitative estimate of drug-likeness (QED) is 0.624. The highest BCUT2D eigenvalue weighted by Crippen LogP contribution is 2.30. The fourth-order valence-electron chi connectivity index (χ4n) is 4.34. The van der Waals surface area contributed by atoms with Crippen molar-refractivity contribution in [1.82, 2.24) is 14.5 Å². The van der Waals surface area contributed by atoms with E-state index in [4.69, 9.17) is 9.47 Å². The van der Waals surface area contributed by atoms with Crippen molar-refractivity contribution >= 4 is 9.84 Å². The molecule has 1 aliphatic carbocycles. The lowest BCUT2D eigenvalue weighted by molar-refractivity contribution is -0.0710. The lowest BCUT2D eigenvalue weighted by atomic mass is 10.2. The summed E-state index contributed by atoms with van der Waals surface area (Å²) in [6.07, 6.45) is 6.36. The lowest BCUT2D eigenvalue weighted by Gasteiger charge is -2.35. The second kappa shape index (κ2) is 9.03. The minimum absolute atomic E-state index is 0.181. The van der Waals surface area contributed by atoms with Crippen LogP contribution < -0.4 is 0 Å². The van der Waals surface area contributed by atoms with Gasteiger partial charge in [-0.25, -0.2) is 13.4 Å². The third-order valence-electron chi connectivity index (χ3n) is 5.51. The summed E-state index contributed by atoms with van der Waals surface area (Å²) in [7, 11) is -1.71. The third kappa shape index (κ3) is 4.91. The zero-order valence-corrected chi connectivity index (χ0v) is 17.6. The highest BCUT2D eigenvalue weighted by Gasteiger charge is 2.34. The van der Waals surface area contributed by atoms with Gasteiger partial charge >= 0.3 is 0 Å². The zero-order valence-electron chi connectivity index (χ0n) is 16.8. The van der Waals surface area contributed by atoms with Gasteiger partial charge in [0.2, 0.25) is 15.0 Å². The summed E-state index contributed by atoms with van der Waals surface area (Å²) in [6, 6.07) is 0. The molecule has 1 saturated carbocycles. The summed E-state index contributed by atoms with van der Waals surface area (Å²) in [4.78, 5) is 6.72. The van der Waals surface area contributed by atoms with Gasteiger partial charge in [0.1, 0.15) is 0 Å². The van der Waals surface area contributed by atoms with Crippen LogP contribution in [0.4, 0.5) is 0 Å². The number of hydrogen-bond donors (Lipinski definition) is 0. The van der Waals surface area contributed by atoms with Gasteiger partial charge in [-0.05, 0) is 33.1 Å². The maximum absolute atomic E-state index is 13.1. The molecule has 2 atom stereocenters. The molecule has 1 saturated heterocycles. The first-order valence-corrected chi connectivity index (χ1v) is 11.6. The van der Waals surface area contributed by atoms with Crippen LogP contribution in [0.15, 0.2) is 11.4 Å². The van der Waals surface area contributed by atoms with Gasteiger partial charge in [-0.2, -0.15) is 0 Å². The Hall–Kier alpha value is -0.960. The Morgan fingerprint density at radius 3 is 2.52 bits per heavy atom. The Kier molecular flexibility index (Phi) is 6.94. The molecule has 2 fully saturated rings. The highest BCUT2D eigenvalue weighted by molar-refractivity contribution is 7.91. The second-order valence-electron chi connectivity index (χ2n) is 7.93. The Morgan fingerprint density at radius 1 is 1.22 bits per heavy atom. The van der Waals surface area contributed by atoms with E-state index in [0.717, 1.165) is 50.9 Å². The number of ether oxygens (including phenoxy) is 2. The Labute approximate surface area is 163 Å². The van der Waals surface area contributed by atoms with Crippen molar-refractivity contribution in [3.63, 3.8) is 0 Å². The van der Waals surface area contributed by atoms with E-state index in [1.54, 1.807) is 13.3 Å². The molecule has 0 aromatic carbocycles. The summed E-state index contributed by atoms with van der Waals surface area (Å²) >= 11 is 0. The predicted molar refractivity (Wildman–Crippen MR) is 103 cm³/mol. The van der Waals surface area contributed by atoms with Crippen molar-refractivity contribution in [2.24, 2.45) is 0 Å². The Morgan fingerprint density at radius 2 is 1.89 bits per heavy atom. The maximum Gasteiger partial charge on any atom is 0.228 e. The molecule has 154 valence electrons. The molecule has 0 bridgehead atoms. The van der Waals surface area contributed by atoms with Crippen LogP contribution in [-0.4, -0.2) is 67.1 Å². The SMILES string of the molecule is COCCCn1c(CN2C[C@@H](C)O[C@@H](C)C2)cnc1S(=O)(=O)C1CCCC1. The summed E-state index contributed by atoms with van der Waals surface area (Å²) < 4.78 is 39.2. The number of aromatic nitrogens is 2. The normalized spacial score (nSPS) is 25.3. The topological polar surface area (TPSA) is 73.7 Å². The molecule has 2 aliphatic rings. The molecule has 0 N–H and O–H groups in total. The first-order valence-electron chi connectivity index (χ1n) is 10.1. The summed E-state index contributed by atoms with van der Waals surface area (Å²) in [5.41, 5.74) is 0.962. The molecule has 0 radical (unpaired) electrons. The second-order valence-corrected chi connectivity index (χ2v) is 10.1. The molecular weight excluding hydrogens is 366 g/mol. The molecule has 0 amide bonds.